The third kappa shape index (κ3) is 4.09. The second kappa shape index (κ2) is 6.64. The normalized spacial score (nSPS) is 10.5. The van der Waals surface area contributed by atoms with Crippen LogP contribution in [-0.2, 0) is 11.3 Å². The Morgan fingerprint density at radius 1 is 1.33 bits per heavy atom. The van der Waals surface area contributed by atoms with Gasteiger partial charge in [0, 0.05) is 11.2 Å². The van der Waals surface area contributed by atoms with Crippen molar-refractivity contribution >= 4 is 50.7 Å². The summed E-state index contributed by atoms with van der Waals surface area (Å²) in [6.07, 6.45) is 1.62. The first-order chi connectivity index (χ1) is 9.86. The van der Waals surface area contributed by atoms with E-state index in [1.807, 2.05) is 6.92 Å². The van der Waals surface area contributed by atoms with Crippen molar-refractivity contribution in [1.29, 1.82) is 0 Å². The molecule has 0 fully saturated rings. The van der Waals surface area contributed by atoms with E-state index in [1.165, 1.54) is 10.6 Å². The zero-order chi connectivity index (χ0) is 15.6. The molecule has 4 nitrogen and oxygen atoms in total. The van der Waals surface area contributed by atoms with E-state index in [-0.39, 0.29) is 18.0 Å². The molecule has 2 rings (SSSR count). The maximum Gasteiger partial charge on any atom is 0.265 e. The molecule has 0 aliphatic heterocycles. The number of carbonyl (C=O) groups is 1. The molecule has 110 valence electrons. The van der Waals surface area contributed by atoms with E-state index < -0.39 is 0 Å². The van der Waals surface area contributed by atoms with Gasteiger partial charge in [-0.25, -0.2) is 0 Å². The van der Waals surface area contributed by atoms with Gasteiger partial charge in [0.15, 0.2) is 0 Å². The van der Waals surface area contributed by atoms with Crippen molar-refractivity contribution in [1.82, 2.24) is 4.57 Å². The van der Waals surface area contributed by atoms with Gasteiger partial charge in [-0.15, -0.1) is 0 Å². The Balaban J connectivity index is 2.17. The Morgan fingerprint density at radius 3 is 2.71 bits per heavy atom. The first-order valence-corrected chi connectivity index (χ1v) is 7.53. The third-order valence-corrected chi connectivity index (χ3v) is 3.81. The fourth-order valence-electron chi connectivity index (χ4n) is 1.79. The van der Waals surface area contributed by atoms with Crippen molar-refractivity contribution in [2.45, 2.75) is 13.5 Å². The molecule has 1 heterocycles. The van der Waals surface area contributed by atoms with Gasteiger partial charge in [-0.2, -0.15) is 0 Å². The van der Waals surface area contributed by atoms with E-state index in [0.717, 1.165) is 5.56 Å². The zero-order valence-electron chi connectivity index (χ0n) is 11.0. The van der Waals surface area contributed by atoms with Gasteiger partial charge in [-0.3, -0.25) is 9.59 Å². The lowest BCUT2D eigenvalue weighted by Gasteiger charge is -2.10. The average Bonchev–Trinajstić information content (AvgIpc) is 2.38. The SMILES string of the molecule is Cc1cc(Br)c(=O)n(CC(=O)Nc2ccc(Cl)cc2Cl)c1. The van der Waals surface area contributed by atoms with Gasteiger partial charge in [0.2, 0.25) is 5.91 Å². The van der Waals surface area contributed by atoms with Gasteiger partial charge in [0.1, 0.15) is 6.54 Å². The van der Waals surface area contributed by atoms with Crippen molar-refractivity contribution in [3.05, 3.63) is 60.9 Å². The molecule has 1 N–H and O–H groups in total. The lowest BCUT2D eigenvalue weighted by atomic mass is 10.3. The quantitative estimate of drug-likeness (QED) is 0.866. The van der Waals surface area contributed by atoms with Crippen molar-refractivity contribution in [3.8, 4) is 0 Å². The number of aromatic nitrogens is 1. The summed E-state index contributed by atoms with van der Waals surface area (Å²) in [5, 5.41) is 3.47. The summed E-state index contributed by atoms with van der Waals surface area (Å²) in [5.41, 5.74) is 1.06. The summed E-state index contributed by atoms with van der Waals surface area (Å²) in [6.45, 7) is 1.74. The number of nitrogens with one attached hydrogen (secondary N) is 1. The van der Waals surface area contributed by atoms with Crippen LogP contribution in [0.1, 0.15) is 5.56 Å². The topological polar surface area (TPSA) is 51.1 Å². The second-order valence-electron chi connectivity index (χ2n) is 4.47. The Bertz CT molecular complexity index is 759. The summed E-state index contributed by atoms with van der Waals surface area (Å²) in [6, 6.07) is 6.47. The monoisotopic (exact) mass is 388 g/mol. The molecule has 0 atom stereocenters. The molecule has 0 saturated carbocycles. The molecule has 0 aliphatic carbocycles. The van der Waals surface area contributed by atoms with Crippen LogP contribution >= 0.6 is 39.1 Å². The van der Waals surface area contributed by atoms with Crippen LogP contribution < -0.4 is 10.9 Å². The molecule has 2 aromatic rings. The Labute approximate surface area is 139 Å². The van der Waals surface area contributed by atoms with Crippen molar-refractivity contribution < 1.29 is 4.79 Å². The molecule has 21 heavy (non-hydrogen) atoms. The molecular formula is C14H11BrCl2N2O2. The van der Waals surface area contributed by atoms with Crippen LogP contribution in [0.25, 0.3) is 0 Å². The third-order valence-electron chi connectivity index (χ3n) is 2.70. The zero-order valence-corrected chi connectivity index (χ0v) is 14.1. The first kappa shape index (κ1) is 16.1. The van der Waals surface area contributed by atoms with Crippen LogP contribution in [0, 0.1) is 6.92 Å². The van der Waals surface area contributed by atoms with Crippen LogP contribution in [0.15, 0.2) is 39.7 Å². The van der Waals surface area contributed by atoms with Gasteiger partial charge < -0.3 is 9.88 Å². The fourth-order valence-corrected chi connectivity index (χ4v) is 2.84. The highest BCUT2D eigenvalue weighted by molar-refractivity contribution is 9.10. The van der Waals surface area contributed by atoms with Gasteiger partial charge in [-0.1, -0.05) is 23.2 Å². The number of aryl methyl sites for hydroxylation is 1. The van der Waals surface area contributed by atoms with E-state index in [2.05, 4.69) is 21.2 Å². The largest absolute Gasteiger partial charge is 0.323 e. The van der Waals surface area contributed by atoms with Gasteiger partial charge in [0.25, 0.3) is 5.56 Å². The predicted molar refractivity (Wildman–Crippen MR) is 88.2 cm³/mol. The minimum atomic E-state index is -0.348. The lowest BCUT2D eigenvalue weighted by molar-refractivity contribution is -0.116. The number of hydrogen-bond donors (Lipinski definition) is 1. The standard InChI is InChI=1S/C14H11BrCl2N2O2/c1-8-4-10(15)14(21)19(6-8)7-13(20)18-12-3-2-9(16)5-11(12)17/h2-6H,7H2,1H3,(H,18,20). The van der Waals surface area contributed by atoms with Crippen LogP contribution in [0.5, 0.6) is 0 Å². The Hall–Kier alpha value is -1.30. The molecule has 1 aromatic heterocycles. The fraction of sp³-hybridized carbons (Fsp3) is 0.143. The van der Waals surface area contributed by atoms with E-state index in [9.17, 15) is 9.59 Å². The molecule has 0 aliphatic rings. The van der Waals surface area contributed by atoms with Crippen LogP contribution in [-0.4, -0.2) is 10.5 Å². The maximum atomic E-state index is 12.0. The van der Waals surface area contributed by atoms with E-state index in [1.54, 1.807) is 24.4 Å². The van der Waals surface area contributed by atoms with Crippen LogP contribution in [0.3, 0.4) is 0 Å². The number of amides is 1. The minimum absolute atomic E-state index is 0.0991. The predicted octanol–water partition coefficient (Wildman–Crippen LogP) is 3.86. The number of rotatable bonds is 3. The number of pyridine rings is 1. The highest BCUT2D eigenvalue weighted by atomic mass is 79.9. The molecule has 0 unspecified atom stereocenters. The first-order valence-electron chi connectivity index (χ1n) is 5.98. The second-order valence-corrected chi connectivity index (χ2v) is 6.17. The summed E-state index contributed by atoms with van der Waals surface area (Å²) < 4.78 is 1.75. The van der Waals surface area contributed by atoms with Crippen LogP contribution in [0.2, 0.25) is 10.0 Å². The average molecular weight is 390 g/mol. The van der Waals surface area contributed by atoms with Gasteiger partial charge in [-0.05, 0) is 52.7 Å². The smallest absolute Gasteiger partial charge is 0.265 e. The lowest BCUT2D eigenvalue weighted by Crippen LogP contribution is -2.28. The highest BCUT2D eigenvalue weighted by Gasteiger charge is 2.10. The molecule has 0 saturated heterocycles. The van der Waals surface area contributed by atoms with E-state index in [0.29, 0.717) is 20.2 Å². The number of anilines is 1. The van der Waals surface area contributed by atoms with Gasteiger partial charge >= 0.3 is 0 Å². The number of nitrogens with zero attached hydrogens (tertiary/aromatic N) is 1. The molecule has 1 amide bonds. The summed E-state index contributed by atoms with van der Waals surface area (Å²) >= 11 is 14.9. The summed E-state index contributed by atoms with van der Waals surface area (Å²) in [7, 11) is 0. The summed E-state index contributed by atoms with van der Waals surface area (Å²) in [4.78, 5) is 23.9. The Morgan fingerprint density at radius 2 is 2.05 bits per heavy atom. The Kier molecular flexibility index (Phi) is 5.08. The van der Waals surface area contributed by atoms with Crippen molar-refractivity contribution in [3.63, 3.8) is 0 Å². The molecule has 0 bridgehead atoms. The number of carbonyl (C=O) groups excluding carboxylic acids is 1. The van der Waals surface area contributed by atoms with Crippen LogP contribution in [0.4, 0.5) is 5.69 Å². The van der Waals surface area contributed by atoms with E-state index in [4.69, 9.17) is 23.2 Å². The molecule has 1 aromatic carbocycles. The molecular weight excluding hydrogens is 379 g/mol. The minimum Gasteiger partial charge on any atom is -0.323 e. The molecule has 0 radical (unpaired) electrons. The molecule has 7 heteroatoms. The van der Waals surface area contributed by atoms with Crippen molar-refractivity contribution in [2.75, 3.05) is 5.32 Å². The maximum absolute atomic E-state index is 12.0. The number of benzene rings is 1. The number of halogens is 3. The highest BCUT2D eigenvalue weighted by Crippen LogP contribution is 2.25. The van der Waals surface area contributed by atoms with Gasteiger partial charge in [0.05, 0.1) is 15.2 Å². The van der Waals surface area contributed by atoms with E-state index >= 15 is 0 Å². The number of hydrogen-bond acceptors (Lipinski definition) is 2. The summed E-state index contributed by atoms with van der Waals surface area (Å²) in [5.74, 6) is -0.348. The van der Waals surface area contributed by atoms with Crippen molar-refractivity contribution in [2.24, 2.45) is 0 Å². The molecule has 0 spiro atoms.